The predicted molar refractivity (Wildman–Crippen MR) is 54.1 cm³/mol. The van der Waals surface area contributed by atoms with Crippen LogP contribution >= 0.6 is 11.3 Å². The maximum atomic E-state index is 11.4. The molecule has 13 heavy (non-hydrogen) atoms. The van der Waals surface area contributed by atoms with Crippen LogP contribution in [0, 0.1) is 12.3 Å². The summed E-state index contributed by atoms with van der Waals surface area (Å²) >= 11 is 1.62. The number of fused-ring (bicyclic) bond motifs is 1. The number of aryl methyl sites for hydroxylation is 2. The molecule has 0 bridgehead atoms. The Morgan fingerprint density at radius 2 is 2.46 bits per heavy atom. The zero-order valence-electron chi connectivity index (χ0n) is 7.30. The van der Waals surface area contributed by atoms with Crippen molar-refractivity contribution in [3.05, 3.63) is 21.4 Å². The van der Waals surface area contributed by atoms with Crippen molar-refractivity contribution in [1.82, 2.24) is 0 Å². The summed E-state index contributed by atoms with van der Waals surface area (Å²) in [4.78, 5) is 13.7. The number of ketones is 1. The molecule has 0 saturated carbocycles. The first-order valence-electron chi connectivity index (χ1n) is 4.39. The minimum atomic E-state index is 0.0990. The average Bonchev–Trinajstić information content (AvgIpc) is 2.61. The van der Waals surface area contributed by atoms with Crippen LogP contribution in [0.2, 0.25) is 0 Å². The smallest absolute Gasteiger partial charge is 0.184 e. The number of hydrogen-bond donors (Lipinski definition) is 0. The van der Waals surface area contributed by atoms with Crippen molar-refractivity contribution in [3.8, 4) is 12.3 Å². The second-order valence-electron chi connectivity index (χ2n) is 3.22. The van der Waals surface area contributed by atoms with Gasteiger partial charge in [0.1, 0.15) is 0 Å². The lowest BCUT2D eigenvalue weighted by atomic mass is 10.2. The van der Waals surface area contributed by atoms with E-state index in [0.717, 1.165) is 17.7 Å². The Morgan fingerprint density at radius 3 is 3.15 bits per heavy atom. The Bertz CT molecular complexity index is 360. The van der Waals surface area contributed by atoms with Gasteiger partial charge in [-0.2, -0.15) is 0 Å². The van der Waals surface area contributed by atoms with Gasteiger partial charge < -0.3 is 0 Å². The van der Waals surface area contributed by atoms with E-state index in [1.165, 1.54) is 16.9 Å². The molecule has 0 spiro atoms. The van der Waals surface area contributed by atoms with Crippen molar-refractivity contribution in [2.24, 2.45) is 0 Å². The molecule has 1 aliphatic carbocycles. The monoisotopic (exact) mass is 190 g/mol. The van der Waals surface area contributed by atoms with Gasteiger partial charge in [0.25, 0.3) is 0 Å². The Kier molecular flexibility index (Phi) is 2.20. The summed E-state index contributed by atoms with van der Waals surface area (Å²) in [6.45, 7) is 0. The minimum Gasteiger partial charge on any atom is -0.292 e. The van der Waals surface area contributed by atoms with Crippen molar-refractivity contribution in [2.45, 2.75) is 25.7 Å². The average molecular weight is 190 g/mol. The second kappa shape index (κ2) is 3.35. The van der Waals surface area contributed by atoms with Gasteiger partial charge in [-0.15, -0.1) is 17.8 Å². The van der Waals surface area contributed by atoms with E-state index in [9.17, 15) is 4.79 Å². The van der Waals surface area contributed by atoms with E-state index in [0.29, 0.717) is 0 Å². The summed E-state index contributed by atoms with van der Waals surface area (Å²) in [7, 11) is 0. The van der Waals surface area contributed by atoms with E-state index in [2.05, 4.69) is 5.92 Å². The van der Waals surface area contributed by atoms with Crippen molar-refractivity contribution >= 4 is 17.1 Å². The van der Waals surface area contributed by atoms with E-state index in [4.69, 9.17) is 6.42 Å². The lowest BCUT2D eigenvalue weighted by molar-refractivity contribution is 0.100. The standard InChI is InChI=1S/C11H10OS/c1-2-4-9(12)11-7-8-5-3-6-10(8)13-11/h1,7H,3-6H2. The Labute approximate surface area is 81.8 Å². The first-order valence-corrected chi connectivity index (χ1v) is 5.21. The van der Waals surface area contributed by atoms with E-state index >= 15 is 0 Å². The molecule has 0 N–H and O–H groups in total. The maximum Gasteiger partial charge on any atom is 0.184 e. The fraction of sp³-hybridized carbons (Fsp3) is 0.364. The molecule has 0 aromatic carbocycles. The fourth-order valence-corrected chi connectivity index (χ4v) is 2.84. The van der Waals surface area contributed by atoms with Gasteiger partial charge in [-0.25, -0.2) is 0 Å². The first-order chi connectivity index (χ1) is 6.31. The topological polar surface area (TPSA) is 17.1 Å². The molecule has 0 aliphatic heterocycles. The normalized spacial score (nSPS) is 13.8. The van der Waals surface area contributed by atoms with Crippen LogP contribution in [-0.2, 0) is 12.8 Å². The highest BCUT2D eigenvalue weighted by atomic mass is 32.1. The third kappa shape index (κ3) is 1.52. The highest BCUT2D eigenvalue weighted by Gasteiger charge is 2.17. The van der Waals surface area contributed by atoms with E-state index in [-0.39, 0.29) is 12.2 Å². The number of carbonyl (C=O) groups is 1. The molecule has 1 aromatic heterocycles. The van der Waals surface area contributed by atoms with Crippen molar-refractivity contribution in [2.75, 3.05) is 0 Å². The van der Waals surface area contributed by atoms with Gasteiger partial charge in [-0.1, -0.05) is 5.92 Å². The zero-order chi connectivity index (χ0) is 9.26. The van der Waals surface area contributed by atoms with Crippen LogP contribution in [0.5, 0.6) is 0 Å². The van der Waals surface area contributed by atoms with Crippen LogP contribution < -0.4 is 0 Å². The molecule has 66 valence electrons. The van der Waals surface area contributed by atoms with Crippen LogP contribution in [-0.4, -0.2) is 5.78 Å². The van der Waals surface area contributed by atoms with Crippen LogP contribution in [0.4, 0.5) is 0 Å². The molecule has 1 aliphatic rings. The predicted octanol–water partition coefficient (Wildman–Crippen LogP) is 2.44. The Balaban J connectivity index is 2.24. The molecular formula is C11H10OS. The third-order valence-corrected chi connectivity index (χ3v) is 3.56. The van der Waals surface area contributed by atoms with Crippen LogP contribution in [0.1, 0.15) is 33.0 Å². The van der Waals surface area contributed by atoms with E-state index < -0.39 is 0 Å². The number of Topliss-reactive ketones (excluding diaryl/α,β-unsaturated/α-hetero) is 1. The Hall–Kier alpha value is -1.07. The lowest BCUT2D eigenvalue weighted by Crippen LogP contribution is -1.92. The van der Waals surface area contributed by atoms with E-state index in [1.807, 2.05) is 6.07 Å². The molecule has 0 amide bonds. The number of carbonyl (C=O) groups excluding carboxylic acids is 1. The fourth-order valence-electron chi connectivity index (χ4n) is 1.65. The van der Waals surface area contributed by atoms with Crippen molar-refractivity contribution < 1.29 is 4.79 Å². The molecule has 0 unspecified atom stereocenters. The molecule has 2 rings (SSSR count). The molecule has 0 atom stereocenters. The van der Waals surface area contributed by atoms with Gasteiger partial charge in [0.15, 0.2) is 5.78 Å². The van der Waals surface area contributed by atoms with Gasteiger partial charge in [-0.3, -0.25) is 4.79 Å². The van der Waals surface area contributed by atoms with Crippen molar-refractivity contribution in [3.63, 3.8) is 0 Å². The first kappa shape index (κ1) is 8.52. The number of thiophene rings is 1. The number of hydrogen-bond acceptors (Lipinski definition) is 2. The van der Waals surface area contributed by atoms with Crippen LogP contribution in [0.15, 0.2) is 6.07 Å². The highest BCUT2D eigenvalue weighted by molar-refractivity contribution is 7.14. The van der Waals surface area contributed by atoms with Gasteiger partial charge in [-0.05, 0) is 30.9 Å². The second-order valence-corrected chi connectivity index (χ2v) is 4.35. The molecule has 0 radical (unpaired) electrons. The largest absolute Gasteiger partial charge is 0.292 e. The number of terminal acetylenes is 1. The summed E-state index contributed by atoms with van der Waals surface area (Å²) in [5.41, 5.74) is 1.37. The van der Waals surface area contributed by atoms with Crippen molar-refractivity contribution in [1.29, 1.82) is 0 Å². The summed E-state index contributed by atoms with van der Waals surface area (Å²) < 4.78 is 0. The summed E-state index contributed by atoms with van der Waals surface area (Å²) in [5.74, 6) is 2.49. The van der Waals surface area contributed by atoms with Crippen LogP contribution in [0.3, 0.4) is 0 Å². The molecule has 1 nitrogen and oxygen atoms in total. The quantitative estimate of drug-likeness (QED) is 0.517. The molecule has 1 aromatic rings. The highest BCUT2D eigenvalue weighted by Crippen LogP contribution is 2.30. The molecular weight excluding hydrogens is 180 g/mol. The van der Waals surface area contributed by atoms with Gasteiger partial charge in [0, 0.05) is 4.88 Å². The number of rotatable bonds is 2. The van der Waals surface area contributed by atoms with Gasteiger partial charge in [0.05, 0.1) is 11.3 Å². The SMILES string of the molecule is C#CCC(=O)c1cc2c(s1)CCC2. The van der Waals surface area contributed by atoms with Gasteiger partial charge in [0.2, 0.25) is 0 Å². The molecule has 2 heteroatoms. The molecule has 1 heterocycles. The minimum absolute atomic E-state index is 0.0990. The maximum absolute atomic E-state index is 11.4. The van der Waals surface area contributed by atoms with E-state index in [1.54, 1.807) is 11.3 Å². The molecule has 0 saturated heterocycles. The molecule has 0 fully saturated rings. The zero-order valence-corrected chi connectivity index (χ0v) is 8.12. The lowest BCUT2D eigenvalue weighted by Gasteiger charge is -1.89. The Morgan fingerprint density at radius 1 is 1.62 bits per heavy atom. The summed E-state index contributed by atoms with van der Waals surface area (Å²) in [5, 5.41) is 0. The van der Waals surface area contributed by atoms with Crippen LogP contribution in [0.25, 0.3) is 0 Å². The van der Waals surface area contributed by atoms with Gasteiger partial charge >= 0.3 is 0 Å². The summed E-state index contributed by atoms with van der Waals surface area (Å²) in [6.07, 6.45) is 8.84. The summed E-state index contributed by atoms with van der Waals surface area (Å²) in [6, 6.07) is 2.02. The third-order valence-electron chi connectivity index (χ3n) is 2.28.